The zero-order valence-electron chi connectivity index (χ0n) is 16.5. The Morgan fingerprint density at radius 1 is 0.966 bits per heavy atom. The van der Waals surface area contributed by atoms with Crippen LogP contribution in [0.5, 0.6) is 0 Å². The third-order valence-corrected chi connectivity index (χ3v) is 3.54. The van der Waals surface area contributed by atoms with Crippen LogP contribution in [0.15, 0.2) is 48.5 Å². The van der Waals surface area contributed by atoms with Crippen LogP contribution in [0.3, 0.4) is 0 Å². The van der Waals surface area contributed by atoms with Crippen LogP contribution in [0, 0.1) is 5.82 Å². The molecule has 0 fully saturated rings. The molecule has 0 spiro atoms. The first-order valence-electron chi connectivity index (χ1n) is 9.02. The molecular weight excluding hydrogens is 377 g/mol. The number of anilines is 2. The predicted octanol–water partition coefficient (Wildman–Crippen LogP) is 3.47. The number of carbonyl (C=O) groups excluding carboxylic acids is 3. The number of benzene rings is 2. The lowest BCUT2D eigenvalue weighted by Crippen LogP contribution is -2.33. The van der Waals surface area contributed by atoms with E-state index in [1.165, 1.54) is 12.1 Å². The minimum Gasteiger partial charge on any atom is -0.444 e. The number of rotatable bonds is 6. The number of amides is 3. The van der Waals surface area contributed by atoms with Crippen molar-refractivity contribution < 1.29 is 23.5 Å². The molecule has 29 heavy (non-hydrogen) atoms. The van der Waals surface area contributed by atoms with Crippen LogP contribution >= 0.6 is 0 Å². The molecule has 3 N–H and O–H groups in total. The maximum Gasteiger partial charge on any atom is 0.412 e. The quantitative estimate of drug-likeness (QED) is 0.691. The Balaban J connectivity index is 1.88. The Hall–Kier alpha value is -3.42. The van der Waals surface area contributed by atoms with Gasteiger partial charge in [-0.1, -0.05) is 30.3 Å². The SMILES string of the molecule is CC(C)(C)OC(=O)Nc1cc(NC(=O)CNC(=O)Cc2ccccc2)ccc1F. The molecule has 7 nitrogen and oxygen atoms in total. The maximum absolute atomic E-state index is 13.9. The first-order chi connectivity index (χ1) is 13.6. The van der Waals surface area contributed by atoms with Crippen molar-refractivity contribution in [2.24, 2.45) is 0 Å². The van der Waals surface area contributed by atoms with Gasteiger partial charge in [-0.15, -0.1) is 0 Å². The zero-order valence-corrected chi connectivity index (χ0v) is 16.5. The van der Waals surface area contributed by atoms with Crippen LogP contribution < -0.4 is 16.0 Å². The lowest BCUT2D eigenvalue weighted by Gasteiger charge is -2.20. The molecule has 0 unspecified atom stereocenters. The summed E-state index contributed by atoms with van der Waals surface area (Å²) in [6.45, 7) is 4.82. The molecule has 2 rings (SSSR count). The van der Waals surface area contributed by atoms with Gasteiger partial charge >= 0.3 is 6.09 Å². The Kier molecular flexibility index (Phi) is 7.30. The second kappa shape index (κ2) is 9.68. The van der Waals surface area contributed by atoms with Gasteiger partial charge in [-0.05, 0) is 44.5 Å². The molecule has 2 aromatic carbocycles. The summed E-state index contributed by atoms with van der Waals surface area (Å²) in [7, 11) is 0. The van der Waals surface area contributed by atoms with Gasteiger partial charge in [0.05, 0.1) is 18.7 Å². The highest BCUT2D eigenvalue weighted by atomic mass is 19.1. The second-order valence-electron chi connectivity index (χ2n) is 7.31. The van der Waals surface area contributed by atoms with E-state index in [9.17, 15) is 18.8 Å². The Morgan fingerprint density at radius 2 is 1.66 bits per heavy atom. The van der Waals surface area contributed by atoms with Crippen molar-refractivity contribution in [3.63, 3.8) is 0 Å². The van der Waals surface area contributed by atoms with E-state index < -0.39 is 23.4 Å². The van der Waals surface area contributed by atoms with E-state index in [-0.39, 0.29) is 30.2 Å². The molecule has 3 amide bonds. The smallest absolute Gasteiger partial charge is 0.412 e. The number of hydrogen-bond acceptors (Lipinski definition) is 4. The summed E-state index contributed by atoms with van der Waals surface area (Å²) in [4.78, 5) is 35.8. The van der Waals surface area contributed by atoms with Crippen LogP contribution in [-0.2, 0) is 20.7 Å². The summed E-state index contributed by atoms with van der Waals surface area (Å²) in [5, 5.41) is 7.36. The van der Waals surface area contributed by atoms with E-state index in [4.69, 9.17) is 4.74 Å². The van der Waals surface area contributed by atoms with Crippen molar-refractivity contribution in [2.45, 2.75) is 32.8 Å². The van der Waals surface area contributed by atoms with E-state index in [1.807, 2.05) is 30.3 Å². The highest BCUT2D eigenvalue weighted by Crippen LogP contribution is 2.20. The molecule has 0 atom stereocenters. The van der Waals surface area contributed by atoms with Crippen molar-refractivity contribution in [1.29, 1.82) is 0 Å². The van der Waals surface area contributed by atoms with E-state index in [1.54, 1.807) is 20.8 Å². The van der Waals surface area contributed by atoms with Crippen molar-refractivity contribution in [1.82, 2.24) is 5.32 Å². The first kappa shape index (κ1) is 21.9. The molecule has 0 saturated carbocycles. The Labute approximate surface area is 168 Å². The van der Waals surface area contributed by atoms with Crippen molar-refractivity contribution in [3.05, 3.63) is 59.9 Å². The van der Waals surface area contributed by atoms with E-state index >= 15 is 0 Å². The number of carbonyl (C=O) groups is 3. The van der Waals surface area contributed by atoms with Crippen molar-refractivity contribution in [2.75, 3.05) is 17.2 Å². The first-order valence-corrected chi connectivity index (χ1v) is 9.02. The molecule has 0 heterocycles. The highest BCUT2D eigenvalue weighted by Gasteiger charge is 2.18. The number of nitrogens with one attached hydrogen (secondary N) is 3. The Bertz CT molecular complexity index is 879. The van der Waals surface area contributed by atoms with Gasteiger partial charge < -0.3 is 15.4 Å². The van der Waals surface area contributed by atoms with Gasteiger partial charge in [0, 0.05) is 5.69 Å². The molecule has 0 bridgehead atoms. The number of halogens is 1. The summed E-state index contributed by atoms with van der Waals surface area (Å²) < 4.78 is 19.0. The van der Waals surface area contributed by atoms with Gasteiger partial charge in [0.2, 0.25) is 11.8 Å². The fourth-order valence-electron chi connectivity index (χ4n) is 2.34. The minimum atomic E-state index is -0.812. The van der Waals surface area contributed by atoms with Crippen LogP contribution in [-0.4, -0.2) is 30.1 Å². The fraction of sp³-hybridized carbons (Fsp3) is 0.286. The van der Waals surface area contributed by atoms with Crippen molar-refractivity contribution >= 4 is 29.3 Å². The predicted molar refractivity (Wildman–Crippen MR) is 108 cm³/mol. The summed E-state index contributed by atoms with van der Waals surface area (Å²) in [5.41, 5.74) is 0.233. The van der Waals surface area contributed by atoms with Crippen LogP contribution in [0.1, 0.15) is 26.3 Å². The number of ether oxygens (including phenoxy) is 1. The van der Waals surface area contributed by atoms with Gasteiger partial charge in [0.15, 0.2) is 0 Å². The molecule has 8 heteroatoms. The lowest BCUT2D eigenvalue weighted by atomic mass is 10.1. The van der Waals surface area contributed by atoms with Gasteiger partial charge in [0.1, 0.15) is 11.4 Å². The summed E-state index contributed by atoms with van der Waals surface area (Å²) >= 11 is 0. The van der Waals surface area contributed by atoms with E-state index in [0.717, 1.165) is 11.6 Å². The fourth-order valence-corrected chi connectivity index (χ4v) is 2.34. The molecule has 0 aliphatic heterocycles. The topological polar surface area (TPSA) is 96.5 Å². The molecule has 2 aromatic rings. The average molecular weight is 401 g/mol. The second-order valence-corrected chi connectivity index (χ2v) is 7.31. The lowest BCUT2D eigenvalue weighted by molar-refractivity contribution is -0.123. The number of hydrogen-bond donors (Lipinski definition) is 3. The molecule has 0 saturated heterocycles. The summed E-state index contributed by atoms with van der Waals surface area (Å²) in [6, 6.07) is 12.9. The monoisotopic (exact) mass is 401 g/mol. The third kappa shape index (κ3) is 8.00. The summed E-state index contributed by atoms with van der Waals surface area (Å²) in [5.74, 6) is -1.45. The zero-order chi connectivity index (χ0) is 21.4. The molecule has 0 radical (unpaired) electrons. The molecule has 154 valence electrons. The maximum atomic E-state index is 13.9. The third-order valence-electron chi connectivity index (χ3n) is 3.54. The van der Waals surface area contributed by atoms with E-state index in [0.29, 0.717) is 0 Å². The van der Waals surface area contributed by atoms with Gasteiger partial charge in [-0.25, -0.2) is 9.18 Å². The van der Waals surface area contributed by atoms with Crippen LogP contribution in [0.2, 0.25) is 0 Å². The van der Waals surface area contributed by atoms with Crippen molar-refractivity contribution in [3.8, 4) is 0 Å². The van der Waals surface area contributed by atoms with Gasteiger partial charge in [-0.3, -0.25) is 14.9 Å². The minimum absolute atomic E-state index is 0.134. The largest absolute Gasteiger partial charge is 0.444 e. The van der Waals surface area contributed by atoms with Gasteiger partial charge in [-0.2, -0.15) is 0 Å². The van der Waals surface area contributed by atoms with Crippen LogP contribution in [0.25, 0.3) is 0 Å². The normalized spacial score (nSPS) is 10.8. The molecule has 0 aromatic heterocycles. The van der Waals surface area contributed by atoms with Gasteiger partial charge in [0.25, 0.3) is 0 Å². The Morgan fingerprint density at radius 3 is 2.31 bits per heavy atom. The van der Waals surface area contributed by atoms with Crippen LogP contribution in [0.4, 0.5) is 20.6 Å². The van der Waals surface area contributed by atoms with E-state index in [2.05, 4.69) is 16.0 Å². The average Bonchev–Trinajstić information content (AvgIpc) is 2.62. The standard InChI is InChI=1S/C21H24FN3O4/c1-21(2,3)29-20(28)25-17-12-15(9-10-16(17)22)24-19(27)13-23-18(26)11-14-7-5-4-6-8-14/h4-10,12H,11,13H2,1-3H3,(H,23,26)(H,24,27)(H,25,28). The summed E-state index contributed by atoms with van der Waals surface area (Å²) in [6.07, 6.45) is -0.651. The molecule has 0 aliphatic rings. The highest BCUT2D eigenvalue weighted by molar-refractivity contribution is 5.95. The molecule has 0 aliphatic carbocycles. The molecular formula is C21H24FN3O4.